The van der Waals surface area contributed by atoms with Crippen LogP contribution in [0.15, 0.2) is 5.16 Å². The van der Waals surface area contributed by atoms with Crippen LogP contribution in [0.25, 0.3) is 0 Å². The topological polar surface area (TPSA) is 78.8 Å². The summed E-state index contributed by atoms with van der Waals surface area (Å²) in [5, 5.41) is 3.27. The van der Waals surface area contributed by atoms with Gasteiger partial charge in [-0.1, -0.05) is 11.6 Å². The van der Waals surface area contributed by atoms with Crippen LogP contribution in [0.4, 0.5) is 0 Å². The Morgan fingerprint density at radius 3 is 2.33 bits per heavy atom. The van der Waals surface area contributed by atoms with Gasteiger partial charge in [0.2, 0.25) is 0 Å². The molecule has 1 rings (SSSR count). The molecule has 1 aliphatic carbocycles. The molecule has 1 aliphatic rings. The molecular weight excluding hydrogens is 182 g/mol. The number of rotatable bonds is 2. The van der Waals surface area contributed by atoms with Gasteiger partial charge in [-0.3, -0.25) is 4.28 Å². The second kappa shape index (κ2) is 3.86. The molecule has 0 aliphatic heterocycles. The van der Waals surface area contributed by atoms with Gasteiger partial charge >= 0.3 is 0 Å². The molecule has 0 N–H and O–H groups in total. The minimum absolute atomic E-state index is 0.667. The van der Waals surface area contributed by atoms with Gasteiger partial charge in [0.05, 0.1) is 5.71 Å². The highest BCUT2D eigenvalue weighted by Crippen LogP contribution is 2.14. The van der Waals surface area contributed by atoms with E-state index in [-0.39, 0.29) is 0 Å². The summed E-state index contributed by atoms with van der Waals surface area (Å²) in [5.41, 5.74) is 0.667. The lowest BCUT2D eigenvalue weighted by Gasteiger charge is -2.11. The van der Waals surface area contributed by atoms with Crippen molar-refractivity contribution in [2.75, 3.05) is 0 Å². The predicted molar refractivity (Wildman–Crippen MR) is 41.3 cm³/mol. The smallest absolute Gasteiger partial charge is 0.283 e. The fourth-order valence-electron chi connectivity index (χ4n) is 1.15. The van der Waals surface area contributed by atoms with Crippen LogP contribution < -0.4 is 0 Å². The minimum Gasteiger partial charge on any atom is -0.714 e. The molecule has 0 aromatic carbocycles. The van der Waals surface area contributed by atoms with Crippen LogP contribution >= 0.6 is 0 Å². The maximum absolute atomic E-state index is 9.99. The highest BCUT2D eigenvalue weighted by molar-refractivity contribution is 7.80. The van der Waals surface area contributed by atoms with Crippen LogP contribution in [0.3, 0.4) is 0 Å². The molecule has 0 amide bonds. The molecule has 6 heteroatoms. The zero-order chi connectivity index (χ0) is 9.03. The first-order chi connectivity index (χ1) is 5.58. The Morgan fingerprint density at radius 1 is 1.25 bits per heavy atom. The van der Waals surface area contributed by atoms with Crippen LogP contribution in [0.2, 0.25) is 0 Å². The van der Waals surface area contributed by atoms with Crippen molar-refractivity contribution in [1.29, 1.82) is 0 Å². The molecule has 0 saturated heterocycles. The van der Waals surface area contributed by atoms with Gasteiger partial charge in [-0.15, -0.1) is 0 Å². The summed E-state index contributed by atoms with van der Waals surface area (Å²) in [5.74, 6) is 0. The molecule has 1 saturated carbocycles. The van der Waals surface area contributed by atoms with E-state index >= 15 is 0 Å². The van der Waals surface area contributed by atoms with E-state index in [2.05, 4.69) is 9.44 Å². The summed E-state index contributed by atoms with van der Waals surface area (Å²) in [6, 6.07) is 0. The standard InChI is InChI=1S/C6H11NO4S/c8-12(9,10)11-7-6-4-2-1-3-5-6/h1-5H2,(H,8,9,10)/p-1. The third-order valence-corrected chi connectivity index (χ3v) is 1.95. The lowest BCUT2D eigenvalue weighted by molar-refractivity contribution is 0.272. The fourth-order valence-corrected chi connectivity index (χ4v) is 1.35. The first-order valence-corrected chi connectivity index (χ1v) is 5.11. The Hall–Kier alpha value is -0.620. The molecule has 0 aromatic rings. The van der Waals surface area contributed by atoms with Gasteiger partial charge in [-0.2, -0.15) is 8.42 Å². The van der Waals surface area contributed by atoms with Crippen molar-refractivity contribution in [2.45, 2.75) is 32.1 Å². The van der Waals surface area contributed by atoms with Crippen LogP contribution in [0.5, 0.6) is 0 Å². The maximum Gasteiger partial charge on any atom is 0.283 e. The highest BCUT2D eigenvalue weighted by Gasteiger charge is 2.07. The van der Waals surface area contributed by atoms with Crippen LogP contribution in [-0.2, 0) is 14.7 Å². The first-order valence-electron chi connectivity index (χ1n) is 3.78. The van der Waals surface area contributed by atoms with Gasteiger partial charge in [0, 0.05) is 0 Å². The zero-order valence-corrected chi connectivity index (χ0v) is 7.34. The quantitative estimate of drug-likeness (QED) is 0.368. The Balaban J connectivity index is 2.45. The molecule has 5 nitrogen and oxygen atoms in total. The van der Waals surface area contributed by atoms with Crippen molar-refractivity contribution in [2.24, 2.45) is 5.16 Å². The van der Waals surface area contributed by atoms with Gasteiger partial charge in [0.15, 0.2) is 0 Å². The largest absolute Gasteiger partial charge is 0.714 e. The second-order valence-electron chi connectivity index (χ2n) is 2.70. The van der Waals surface area contributed by atoms with Crippen molar-refractivity contribution >= 4 is 16.1 Å². The molecule has 70 valence electrons. The maximum atomic E-state index is 9.99. The Bertz CT molecular complexity index is 261. The van der Waals surface area contributed by atoms with E-state index in [4.69, 9.17) is 0 Å². The Kier molecular flexibility index (Phi) is 3.05. The average molecular weight is 192 g/mol. The summed E-state index contributed by atoms with van der Waals surface area (Å²) < 4.78 is 33.7. The van der Waals surface area contributed by atoms with Gasteiger partial charge < -0.3 is 4.55 Å². The predicted octanol–water partition coefficient (Wildman–Crippen LogP) is 0.783. The fraction of sp³-hybridized carbons (Fsp3) is 0.833. The van der Waals surface area contributed by atoms with Crippen molar-refractivity contribution < 1.29 is 17.3 Å². The molecule has 0 spiro atoms. The van der Waals surface area contributed by atoms with E-state index in [1.807, 2.05) is 0 Å². The van der Waals surface area contributed by atoms with E-state index in [9.17, 15) is 13.0 Å². The van der Waals surface area contributed by atoms with Gasteiger partial charge in [0.1, 0.15) is 0 Å². The third-order valence-electron chi connectivity index (χ3n) is 1.69. The molecule has 0 radical (unpaired) electrons. The summed E-state index contributed by atoms with van der Waals surface area (Å²) in [7, 11) is -4.66. The number of hydrogen-bond acceptors (Lipinski definition) is 5. The van der Waals surface area contributed by atoms with Crippen molar-refractivity contribution in [3.8, 4) is 0 Å². The number of nitrogens with zero attached hydrogens (tertiary/aromatic N) is 1. The summed E-state index contributed by atoms with van der Waals surface area (Å²) in [6.45, 7) is 0. The van der Waals surface area contributed by atoms with Crippen LogP contribution in [-0.4, -0.2) is 18.7 Å². The van der Waals surface area contributed by atoms with Crippen molar-refractivity contribution in [1.82, 2.24) is 0 Å². The summed E-state index contributed by atoms with van der Waals surface area (Å²) >= 11 is 0. The summed E-state index contributed by atoms with van der Waals surface area (Å²) in [6.07, 6.45) is 4.57. The molecule has 0 heterocycles. The average Bonchev–Trinajstić information content (AvgIpc) is 2.02. The number of oxime groups is 1. The normalized spacial score (nSPS) is 18.9. The van der Waals surface area contributed by atoms with E-state index in [0.29, 0.717) is 5.71 Å². The second-order valence-corrected chi connectivity index (χ2v) is 3.67. The Labute approximate surface area is 71.4 Å². The van der Waals surface area contributed by atoms with Crippen molar-refractivity contribution in [3.05, 3.63) is 0 Å². The molecule has 0 unspecified atom stereocenters. The molecule has 0 aromatic heterocycles. The molecule has 1 fully saturated rings. The van der Waals surface area contributed by atoms with Gasteiger partial charge in [-0.05, 0) is 25.7 Å². The van der Waals surface area contributed by atoms with E-state index in [1.54, 1.807) is 0 Å². The lowest BCUT2D eigenvalue weighted by Crippen LogP contribution is -2.07. The molecule has 0 bridgehead atoms. The van der Waals surface area contributed by atoms with E-state index in [0.717, 1.165) is 32.1 Å². The summed E-state index contributed by atoms with van der Waals surface area (Å²) in [4.78, 5) is 0. The molecule has 12 heavy (non-hydrogen) atoms. The molecule has 0 atom stereocenters. The highest BCUT2D eigenvalue weighted by atomic mass is 32.3. The van der Waals surface area contributed by atoms with Crippen LogP contribution in [0, 0.1) is 0 Å². The van der Waals surface area contributed by atoms with E-state index < -0.39 is 10.4 Å². The van der Waals surface area contributed by atoms with Gasteiger partial charge in [0.25, 0.3) is 10.4 Å². The van der Waals surface area contributed by atoms with E-state index in [1.165, 1.54) is 0 Å². The zero-order valence-electron chi connectivity index (χ0n) is 6.52. The third kappa shape index (κ3) is 3.68. The monoisotopic (exact) mass is 192 g/mol. The van der Waals surface area contributed by atoms with Crippen LogP contribution in [0.1, 0.15) is 32.1 Å². The lowest BCUT2D eigenvalue weighted by atomic mass is 9.99. The number of hydrogen-bond donors (Lipinski definition) is 0. The molecular formula is C6H10NO4S-. The minimum atomic E-state index is -4.66. The SMILES string of the molecule is O=S(=O)([O-])ON=C1CCCCC1. The first kappa shape index (κ1) is 9.47. The Morgan fingerprint density at radius 2 is 1.83 bits per heavy atom. The van der Waals surface area contributed by atoms with Gasteiger partial charge in [-0.25, -0.2) is 0 Å². The van der Waals surface area contributed by atoms with Crippen molar-refractivity contribution in [3.63, 3.8) is 0 Å².